The molecule has 2 fully saturated rings. The van der Waals surface area contributed by atoms with Crippen LogP contribution in [0.2, 0.25) is 0 Å². The van der Waals surface area contributed by atoms with Gasteiger partial charge in [0.1, 0.15) is 29.3 Å². The van der Waals surface area contributed by atoms with Gasteiger partial charge in [-0.05, 0) is 68.0 Å². The van der Waals surface area contributed by atoms with Crippen molar-refractivity contribution in [3.05, 3.63) is 85.4 Å². The summed E-state index contributed by atoms with van der Waals surface area (Å²) in [4.78, 5) is 28.9. The second-order valence-corrected chi connectivity index (χ2v) is 16.1. The number of amides is 1. The van der Waals surface area contributed by atoms with Crippen LogP contribution in [0, 0.1) is 5.92 Å². The van der Waals surface area contributed by atoms with Crippen molar-refractivity contribution in [2.24, 2.45) is 11.7 Å². The Labute approximate surface area is 330 Å². The molecule has 0 spiro atoms. The Morgan fingerprint density at radius 3 is 2.51 bits per heavy atom. The third-order valence-corrected chi connectivity index (χ3v) is 12.0. The van der Waals surface area contributed by atoms with Gasteiger partial charge in [-0.25, -0.2) is 14.6 Å². The highest BCUT2D eigenvalue weighted by Crippen LogP contribution is 2.35. The van der Waals surface area contributed by atoms with Crippen molar-refractivity contribution in [1.29, 1.82) is 0 Å². The standard InChI is InChI=1S/C42H58N10O2S/c1-31(2)37(55-29-43)13-8-7-10-32(3)45-20-23-50-26-24-49(25-27-50)21-9-14-38(53)51-22-19-34(28-51)52-42-39(41(44)46-30-47-42)40(48-52)33-15-17-36(18-16-33)54-35-11-5-4-6-12-35/h4-6,9,11-12,14-18,30-31,34,37,45H,3,7-8,10,13,19-29,43H2,1-2H3,(H2,44,46,47)/b14-9+. The number of aromatic nitrogens is 4. The molecule has 55 heavy (non-hydrogen) atoms. The van der Waals surface area contributed by atoms with Crippen LogP contribution in [0.1, 0.15) is 52.0 Å². The monoisotopic (exact) mass is 766 g/mol. The van der Waals surface area contributed by atoms with Crippen molar-refractivity contribution < 1.29 is 9.53 Å². The molecule has 2 saturated heterocycles. The maximum absolute atomic E-state index is 13.3. The van der Waals surface area contributed by atoms with Crippen molar-refractivity contribution in [3.8, 4) is 22.8 Å². The molecular formula is C42H58N10O2S. The van der Waals surface area contributed by atoms with Crippen molar-refractivity contribution in [3.63, 3.8) is 0 Å². The van der Waals surface area contributed by atoms with Crippen molar-refractivity contribution >= 4 is 34.5 Å². The number of para-hydroxylation sites is 1. The molecule has 2 aromatic heterocycles. The van der Waals surface area contributed by atoms with Crippen molar-refractivity contribution in [2.75, 3.05) is 70.5 Å². The molecule has 0 aliphatic carbocycles. The minimum absolute atomic E-state index is 0.0218. The van der Waals surface area contributed by atoms with E-state index in [4.69, 9.17) is 21.3 Å². The predicted octanol–water partition coefficient (Wildman–Crippen LogP) is 6.15. The van der Waals surface area contributed by atoms with Crippen molar-refractivity contribution in [2.45, 2.75) is 57.2 Å². The van der Waals surface area contributed by atoms with E-state index in [9.17, 15) is 4.79 Å². The van der Waals surface area contributed by atoms with E-state index < -0.39 is 0 Å². The van der Waals surface area contributed by atoms with Crippen LogP contribution in [-0.2, 0) is 4.79 Å². The topological polar surface area (TPSA) is 144 Å². The fourth-order valence-electron chi connectivity index (χ4n) is 7.40. The van der Waals surface area contributed by atoms with E-state index in [-0.39, 0.29) is 11.9 Å². The third kappa shape index (κ3) is 11.1. The molecule has 2 aliphatic rings. The number of likely N-dealkylation sites (tertiary alicyclic amines) is 1. The number of rotatable bonds is 19. The average molecular weight is 767 g/mol. The molecular weight excluding hydrogens is 709 g/mol. The van der Waals surface area contributed by atoms with E-state index in [1.807, 2.05) is 82.0 Å². The second kappa shape index (κ2) is 19.9. The summed E-state index contributed by atoms with van der Waals surface area (Å²) in [5, 5.41) is 9.92. The summed E-state index contributed by atoms with van der Waals surface area (Å²) >= 11 is 1.88. The Kier molecular flexibility index (Phi) is 14.6. The largest absolute Gasteiger partial charge is 0.457 e. The number of ether oxygens (including phenoxy) is 1. The zero-order valence-electron chi connectivity index (χ0n) is 32.5. The lowest BCUT2D eigenvalue weighted by Gasteiger charge is -2.34. The maximum Gasteiger partial charge on any atom is 0.246 e. The number of thioether (sulfide) groups is 1. The number of anilines is 1. The molecule has 0 bridgehead atoms. The smallest absolute Gasteiger partial charge is 0.246 e. The number of unbranched alkanes of at least 4 members (excludes halogenated alkanes) is 1. The molecule has 1 amide bonds. The van der Waals surface area contributed by atoms with Gasteiger partial charge in [0, 0.05) is 87.4 Å². The van der Waals surface area contributed by atoms with Crippen LogP contribution in [0.4, 0.5) is 5.82 Å². The number of carbonyl (C=O) groups excluding carboxylic acids is 1. The Morgan fingerprint density at radius 2 is 1.76 bits per heavy atom. The van der Waals surface area contributed by atoms with Gasteiger partial charge in [-0.15, -0.1) is 11.8 Å². The van der Waals surface area contributed by atoms with Gasteiger partial charge in [-0.3, -0.25) is 14.6 Å². The van der Waals surface area contributed by atoms with Gasteiger partial charge in [0.2, 0.25) is 5.91 Å². The van der Waals surface area contributed by atoms with E-state index in [1.54, 1.807) is 6.08 Å². The summed E-state index contributed by atoms with van der Waals surface area (Å²) in [5.41, 5.74) is 15.6. The molecule has 2 aliphatic heterocycles. The Bertz CT molecular complexity index is 1860. The molecule has 2 unspecified atom stereocenters. The van der Waals surface area contributed by atoms with Gasteiger partial charge in [0.25, 0.3) is 0 Å². The summed E-state index contributed by atoms with van der Waals surface area (Å²) in [6.07, 6.45) is 10.6. The first-order valence-electron chi connectivity index (χ1n) is 19.7. The van der Waals surface area contributed by atoms with Crippen LogP contribution >= 0.6 is 11.8 Å². The number of fused-ring (bicyclic) bond motifs is 1. The Morgan fingerprint density at radius 1 is 1.02 bits per heavy atom. The fraction of sp³-hybridized carbons (Fsp3) is 0.476. The summed E-state index contributed by atoms with van der Waals surface area (Å²) < 4.78 is 7.90. The molecule has 2 aromatic carbocycles. The minimum atomic E-state index is -0.0218. The lowest BCUT2D eigenvalue weighted by Crippen LogP contribution is -2.47. The van der Waals surface area contributed by atoms with Crippen LogP contribution in [-0.4, -0.2) is 110 Å². The molecule has 0 saturated carbocycles. The zero-order chi connectivity index (χ0) is 38.6. The van der Waals surface area contributed by atoms with Gasteiger partial charge in [0.15, 0.2) is 5.65 Å². The number of hydrogen-bond donors (Lipinski definition) is 3. The van der Waals surface area contributed by atoms with Gasteiger partial charge in [0.05, 0.1) is 11.4 Å². The lowest BCUT2D eigenvalue weighted by atomic mass is 10.0. The average Bonchev–Trinajstić information content (AvgIpc) is 3.84. The number of allylic oxidation sites excluding steroid dienone is 1. The minimum Gasteiger partial charge on any atom is -0.457 e. The lowest BCUT2D eigenvalue weighted by molar-refractivity contribution is -0.125. The predicted molar refractivity (Wildman–Crippen MR) is 225 cm³/mol. The highest BCUT2D eigenvalue weighted by Gasteiger charge is 2.30. The van der Waals surface area contributed by atoms with Crippen molar-refractivity contribution in [1.82, 2.24) is 39.8 Å². The second-order valence-electron chi connectivity index (χ2n) is 14.9. The SMILES string of the molecule is C=C(CCCCC(SCN)C(C)C)NCCN1CCN(C/C=C/C(=O)N2CCC(n3nc(-c4ccc(Oc5ccccc5)cc4)c4c(N)ncnc43)C2)CC1. The number of benzene rings is 2. The van der Waals surface area contributed by atoms with E-state index in [2.05, 4.69) is 45.5 Å². The molecule has 4 heterocycles. The fourth-order valence-corrected chi connectivity index (χ4v) is 8.36. The molecule has 2 atom stereocenters. The highest BCUT2D eigenvalue weighted by molar-refractivity contribution is 7.99. The van der Waals surface area contributed by atoms with Crippen LogP contribution in [0.25, 0.3) is 22.3 Å². The van der Waals surface area contributed by atoms with Crippen LogP contribution in [0.3, 0.4) is 0 Å². The van der Waals surface area contributed by atoms with Crippen LogP contribution in [0.15, 0.2) is 85.4 Å². The summed E-state index contributed by atoms with van der Waals surface area (Å²) in [5.74, 6) is 3.27. The van der Waals surface area contributed by atoms with E-state index in [0.717, 1.165) is 81.4 Å². The van der Waals surface area contributed by atoms with Crippen LogP contribution in [0.5, 0.6) is 11.5 Å². The van der Waals surface area contributed by atoms with Gasteiger partial charge in [-0.1, -0.05) is 51.1 Å². The molecule has 5 N–H and O–H groups in total. The van der Waals surface area contributed by atoms with E-state index >= 15 is 0 Å². The number of nitrogens with two attached hydrogens (primary N) is 2. The highest BCUT2D eigenvalue weighted by atomic mass is 32.2. The molecule has 4 aromatic rings. The summed E-state index contributed by atoms with van der Waals surface area (Å²) in [7, 11) is 0. The molecule has 12 nitrogen and oxygen atoms in total. The third-order valence-electron chi connectivity index (χ3n) is 10.6. The molecule has 6 rings (SSSR count). The molecule has 0 radical (unpaired) electrons. The number of carbonyl (C=O) groups is 1. The van der Waals surface area contributed by atoms with Gasteiger partial charge < -0.3 is 26.4 Å². The van der Waals surface area contributed by atoms with Gasteiger partial charge in [-0.2, -0.15) is 5.10 Å². The first kappa shape index (κ1) is 40.2. The van der Waals surface area contributed by atoms with E-state index in [0.29, 0.717) is 52.7 Å². The Hall–Kier alpha value is -4.43. The van der Waals surface area contributed by atoms with Crippen LogP contribution < -0.4 is 21.5 Å². The number of nitrogens with zero attached hydrogens (tertiary/aromatic N) is 7. The number of nitrogens with one attached hydrogen (secondary N) is 1. The first-order chi connectivity index (χ1) is 26.8. The molecule has 294 valence electrons. The zero-order valence-corrected chi connectivity index (χ0v) is 33.3. The number of nitrogen functional groups attached to an aromatic ring is 1. The quantitative estimate of drug-likeness (QED) is 0.0575. The summed E-state index contributed by atoms with van der Waals surface area (Å²) in [6.45, 7) is 16.8. The normalized spacial score (nSPS) is 17.4. The van der Waals surface area contributed by atoms with E-state index in [1.165, 1.54) is 25.6 Å². The maximum atomic E-state index is 13.3. The first-order valence-corrected chi connectivity index (χ1v) is 20.8. The van der Waals surface area contributed by atoms with Gasteiger partial charge >= 0.3 is 0 Å². The molecule has 13 heteroatoms. The summed E-state index contributed by atoms with van der Waals surface area (Å²) in [6, 6.07) is 17.4. The number of piperazine rings is 1. The number of hydrogen-bond acceptors (Lipinski definition) is 11. The Balaban J connectivity index is 0.924.